The van der Waals surface area contributed by atoms with Gasteiger partial charge in [-0.25, -0.2) is 28.6 Å². The number of nitrogens with two attached hydrogens (primary N) is 1. The van der Waals surface area contributed by atoms with Crippen molar-refractivity contribution in [1.82, 2.24) is 30.2 Å². The molecule has 0 spiro atoms. The van der Waals surface area contributed by atoms with E-state index < -0.39 is 102 Å². The van der Waals surface area contributed by atoms with Crippen LogP contribution in [0.2, 0.25) is 0 Å². The summed E-state index contributed by atoms with van der Waals surface area (Å²) in [7, 11) is -16.5. The SMILES string of the molecule is CC(=O)CCC(C(=O)O)C(=O)SCCNC(=O)CCNC(=O)C(O)C(C)(C)COP(=O)(O)OP(=O)(O)OCC1OC(n2cnc3c(N)ncnc32)C(O)C1OP(=O)(O)O. The number of anilines is 1. The smallest absolute Gasteiger partial charge is 0.481 e. The fourth-order valence-electron chi connectivity index (χ4n) is 5.07. The van der Waals surface area contributed by atoms with Crippen LogP contribution in [0.25, 0.3) is 11.2 Å². The monoisotopic (exact) mass is 923 g/mol. The minimum Gasteiger partial charge on any atom is -0.481 e. The average Bonchev–Trinajstić information content (AvgIpc) is 3.67. The molecule has 0 saturated carbocycles. The highest BCUT2D eigenvalue weighted by Crippen LogP contribution is 2.61. The number of rotatable bonds is 24. The number of aliphatic hydroxyl groups is 2. The molecule has 0 aromatic carbocycles. The zero-order valence-electron chi connectivity index (χ0n) is 31.3. The van der Waals surface area contributed by atoms with Crippen LogP contribution in [-0.4, -0.2) is 140 Å². The number of carboxylic acids is 1. The van der Waals surface area contributed by atoms with Crippen molar-refractivity contribution in [2.75, 3.05) is 37.8 Å². The van der Waals surface area contributed by atoms with E-state index in [1.54, 1.807) is 0 Å². The summed E-state index contributed by atoms with van der Waals surface area (Å²) in [5, 5.41) is 34.7. The van der Waals surface area contributed by atoms with Crippen molar-refractivity contribution in [3.05, 3.63) is 12.7 Å². The van der Waals surface area contributed by atoms with Crippen LogP contribution >= 0.6 is 35.2 Å². The number of amides is 2. The van der Waals surface area contributed by atoms with Gasteiger partial charge in [0.1, 0.15) is 48.0 Å². The van der Waals surface area contributed by atoms with Crippen LogP contribution in [0.3, 0.4) is 0 Å². The zero-order valence-corrected chi connectivity index (χ0v) is 34.8. The van der Waals surface area contributed by atoms with E-state index in [1.165, 1.54) is 20.8 Å². The van der Waals surface area contributed by atoms with Gasteiger partial charge in [0.05, 0.1) is 19.5 Å². The number of Topliss-reactive ketones (excluding diaryl/α,β-unsaturated/α-hetero) is 1. The molecule has 2 amide bonds. The van der Waals surface area contributed by atoms with Crippen molar-refractivity contribution in [2.24, 2.45) is 11.3 Å². The van der Waals surface area contributed by atoms with Crippen LogP contribution in [0.1, 0.15) is 46.3 Å². The lowest BCUT2D eigenvalue weighted by Gasteiger charge is -2.30. The third-order valence-electron chi connectivity index (χ3n) is 8.11. The molecule has 8 unspecified atom stereocenters. The fraction of sp³-hybridized carbons (Fsp3) is 0.643. The largest absolute Gasteiger partial charge is 0.481 e. The van der Waals surface area contributed by atoms with Gasteiger partial charge in [-0.1, -0.05) is 25.6 Å². The second-order valence-corrected chi connectivity index (χ2v) is 18.7. The highest BCUT2D eigenvalue weighted by molar-refractivity contribution is 8.13. The number of hydrogen-bond donors (Lipinski definition) is 10. The highest BCUT2D eigenvalue weighted by Gasteiger charge is 2.50. The molecule has 332 valence electrons. The number of phosphoric acid groups is 3. The zero-order chi connectivity index (χ0) is 44.5. The van der Waals surface area contributed by atoms with Gasteiger partial charge in [0.2, 0.25) is 16.9 Å². The van der Waals surface area contributed by atoms with Gasteiger partial charge in [-0.3, -0.25) is 37.3 Å². The van der Waals surface area contributed by atoms with Crippen LogP contribution in [0, 0.1) is 11.3 Å². The van der Waals surface area contributed by atoms with Gasteiger partial charge in [0, 0.05) is 37.1 Å². The number of aliphatic hydroxyl groups excluding tert-OH is 2. The third-order valence-corrected chi connectivity index (χ3v) is 12.2. The summed E-state index contributed by atoms with van der Waals surface area (Å²) in [6.45, 7) is 1.25. The molecule has 59 heavy (non-hydrogen) atoms. The summed E-state index contributed by atoms with van der Waals surface area (Å²) in [5.41, 5.74) is 4.16. The molecule has 3 rings (SSSR count). The maximum atomic E-state index is 12.7. The van der Waals surface area contributed by atoms with Gasteiger partial charge in [0.15, 0.2) is 17.7 Å². The Morgan fingerprint density at radius 1 is 1.02 bits per heavy atom. The van der Waals surface area contributed by atoms with E-state index in [0.717, 1.165) is 17.2 Å². The van der Waals surface area contributed by atoms with Gasteiger partial charge < -0.3 is 60.8 Å². The number of thioether (sulfide) groups is 1. The second-order valence-electron chi connectivity index (χ2n) is 13.4. The summed E-state index contributed by atoms with van der Waals surface area (Å²) in [5.74, 6) is -4.68. The number of ketones is 1. The Balaban J connectivity index is 1.47. The molecule has 31 heteroatoms. The van der Waals surface area contributed by atoms with Crippen LogP contribution < -0.4 is 16.4 Å². The number of aliphatic carboxylic acids is 1. The molecule has 2 aromatic heterocycles. The molecular weight excluding hydrogens is 879 g/mol. The number of imidazole rings is 1. The first-order valence-corrected chi connectivity index (χ1v) is 22.5. The molecule has 1 fully saturated rings. The number of hydrogen-bond acceptors (Lipinski definition) is 20. The van der Waals surface area contributed by atoms with E-state index in [4.69, 9.17) is 19.5 Å². The average molecular weight is 924 g/mol. The summed E-state index contributed by atoms with van der Waals surface area (Å²) >= 11 is 0.666. The number of carbonyl (C=O) groups is 5. The third kappa shape index (κ3) is 15.3. The molecular formula is C28H44N7O20P3S. The standard InChI is InChI=1S/C28H44N7O20P3S/c1-14(36)4-5-15(26(41)42)27(43)59-9-8-30-17(37)6-7-31-24(40)21(39)28(2,3)11-52-58(49,50)55-57(47,48)51-10-16-20(54-56(44,45)46)19(38)25(53-16)35-13-34-18-22(29)32-12-33-23(18)35/h12-13,15-16,19-21,25,38-39H,4-11H2,1-3H3,(H,30,37)(H,31,40)(H,41,42)(H,47,48)(H,49,50)(H2,29,32,33)(H2,44,45,46). The normalized spacial score (nSPS) is 21.6. The number of carbonyl (C=O) groups excluding carboxylic acids is 4. The summed E-state index contributed by atoms with van der Waals surface area (Å²) < 4.78 is 62.0. The van der Waals surface area contributed by atoms with Gasteiger partial charge in [-0.05, 0) is 13.3 Å². The molecule has 0 radical (unpaired) electrons. The van der Waals surface area contributed by atoms with Crippen molar-refractivity contribution in [1.29, 1.82) is 0 Å². The van der Waals surface area contributed by atoms with Crippen molar-refractivity contribution in [3.8, 4) is 0 Å². The summed E-state index contributed by atoms with van der Waals surface area (Å²) in [6.07, 6.45) is -7.46. The minimum absolute atomic E-state index is 0.0125. The van der Waals surface area contributed by atoms with Gasteiger partial charge >= 0.3 is 29.4 Å². The molecule has 1 aliphatic heterocycles. The number of nitrogen functional groups attached to an aromatic ring is 1. The van der Waals surface area contributed by atoms with Gasteiger partial charge in [-0.15, -0.1) is 0 Å². The Bertz CT molecular complexity index is 2000. The predicted octanol–water partition coefficient (Wildman–Crippen LogP) is -1.27. The van der Waals surface area contributed by atoms with E-state index in [9.17, 15) is 72.6 Å². The number of nitrogens with one attached hydrogen (secondary N) is 2. The fourth-order valence-corrected chi connectivity index (χ4v) is 8.73. The number of carboxylic acid groups (broad SMARTS) is 1. The van der Waals surface area contributed by atoms with E-state index in [0.29, 0.717) is 11.8 Å². The first-order valence-electron chi connectivity index (χ1n) is 17.0. The molecule has 27 nitrogen and oxygen atoms in total. The molecule has 11 N–H and O–H groups in total. The quantitative estimate of drug-likeness (QED) is 0.0333. The number of phosphoric ester groups is 3. The summed E-state index contributed by atoms with van der Waals surface area (Å²) in [6, 6.07) is 0. The van der Waals surface area contributed by atoms with E-state index in [-0.39, 0.29) is 60.9 Å². The van der Waals surface area contributed by atoms with E-state index >= 15 is 0 Å². The number of aromatic nitrogens is 4. The first-order chi connectivity index (χ1) is 27.2. The van der Waals surface area contributed by atoms with Gasteiger partial charge in [-0.2, -0.15) is 4.31 Å². The van der Waals surface area contributed by atoms with Crippen LogP contribution in [0.5, 0.6) is 0 Å². The molecule has 0 aliphatic carbocycles. The molecule has 1 saturated heterocycles. The Morgan fingerprint density at radius 3 is 2.31 bits per heavy atom. The molecule has 3 heterocycles. The van der Waals surface area contributed by atoms with Crippen LogP contribution in [0.15, 0.2) is 12.7 Å². The van der Waals surface area contributed by atoms with E-state index in [1.807, 2.05) is 0 Å². The first kappa shape index (κ1) is 50.1. The highest BCUT2D eigenvalue weighted by atomic mass is 32.2. The van der Waals surface area contributed by atoms with Crippen LogP contribution in [-0.2, 0) is 60.3 Å². The lowest BCUT2D eigenvalue weighted by Crippen LogP contribution is -2.46. The molecule has 8 atom stereocenters. The molecule has 2 aromatic rings. The Morgan fingerprint density at radius 2 is 1.68 bits per heavy atom. The van der Waals surface area contributed by atoms with Crippen molar-refractivity contribution < 1.29 is 95.2 Å². The molecule has 1 aliphatic rings. The summed E-state index contributed by atoms with van der Waals surface area (Å²) in [4.78, 5) is 110. The number of fused-ring (bicyclic) bond motifs is 1. The number of nitrogens with zero attached hydrogens (tertiary/aromatic N) is 4. The predicted molar refractivity (Wildman–Crippen MR) is 198 cm³/mol. The van der Waals surface area contributed by atoms with Crippen LogP contribution in [0.4, 0.5) is 5.82 Å². The lowest BCUT2D eigenvalue weighted by molar-refractivity contribution is -0.144. The van der Waals surface area contributed by atoms with Crippen molar-refractivity contribution in [2.45, 2.75) is 70.7 Å². The second kappa shape index (κ2) is 21.0. The Kier molecular flexibility index (Phi) is 17.8. The minimum atomic E-state index is -5.61. The topological polar surface area (TPSA) is 418 Å². The van der Waals surface area contributed by atoms with Crippen molar-refractivity contribution >= 4 is 80.9 Å². The lowest BCUT2D eigenvalue weighted by atomic mass is 9.87. The molecule has 0 bridgehead atoms. The number of ether oxygens (including phenoxy) is 1. The Hall–Kier alpha value is -3.30. The Labute approximate surface area is 338 Å². The maximum absolute atomic E-state index is 12.7. The van der Waals surface area contributed by atoms with Gasteiger partial charge in [0.25, 0.3) is 0 Å². The maximum Gasteiger partial charge on any atom is 0.481 e. The van der Waals surface area contributed by atoms with E-state index in [2.05, 4.69) is 34.4 Å². The van der Waals surface area contributed by atoms with Crippen molar-refractivity contribution in [3.63, 3.8) is 0 Å².